The average molecular weight is 439 g/mol. The molecule has 2 aromatic rings. The Hall–Kier alpha value is -2.18. The van der Waals surface area contributed by atoms with Gasteiger partial charge in [0.1, 0.15) is 5.69 Å². The maximum absolute atomic E-state index is 13.5. The van der Waals surface area contributed by atoms with Gasteiger partial charge in [0.15, 0.2) is 0 Å². The van der Waals surface area contributed by atoms with E-state index in [0.29, 0.717) is 24.7 Å². The van der Waals surface area contributed by atoms with Gasteiger partial charge in [-0.05, 0) is 82.7 Å². The van der Waals surface area contributed by atoms with Crippen LogP contribution in [0.5, 0.6) is 0 Å². The van der Waals surface area contributed by atoms with E-state index in [4.69, 9.17) is 4.74 Å². The number of benzene rings is 1. The van der Waals surface area contributed by atoms with E-state index in [1.165, 1.54) is 11.1 Å². The molecule has 3 heterocycles. The Labute approximate surface area is 192 Å². The number of rotatable bonds is 8. The molecule has 0 bridgehead atoms. The highest BCUT2D eigenvalue weighted by molar-refractivity contribution is 5.92. The number of carbonyl (C=O) groups is 1. The minimum Gasteiger partial charge on any atom is -0.376 e. The summed E-state index contributed by atoms with van der Waals surface area (Å²) < 4.78 is 7.73. The van der Waals surface area contributed by atoms with Gasteiger partial charge in [0.25, 0.3) is 5.91 Å². The summed E-state index contributed by atoms with van der Waals surface area (Å²) in [6.45, 7) is 12.4. The Morgan fingerprint density at radius 2 is 1.94 bits per heavy atom. The van der Waals surface area contributed by atoms with Crippen LogP contribution in [0.1, 0.15) is 59.9 Å². The summed E-state index contributed by atoms with van der Waals surface area (Å²) >= 11 is 0. The summed E-state index contributed by atoms with van der Waals surface area (Å²) in [5.41, 5.74) is 4.40. The molecule has 32 heavy (non-hydrogen) atoms. The van der Waals surface area contributed by atoms with Gasteiger partial charge in [-0.2, -0.15) is 5.10 Å². The van der Waals surface area contributed by atoms with E-state index >= 15 is 0 Å². The number of aromatic nitrogens is 2. The lowest BCUT2D eigenvalue weighted by molar-refractivity contribution is 0.0436. The van der Waals surface area contributed by atoms with Crippen molar-refractivity contribution in [2.75, 3.05) is 32.8 Å². The lowest BCUT2D eigenvalue weighted by Crippen LogP contribution is -2.44. The average Bonchev–Trinajstić information content (AvgIpc) is 3.45. The molecule has 2 fully saturated rings. The third-order valence-corrected chi connectivity index (χ3v) is 7.00. The van der Waals surface area contributed by atoms with Crippen LogP contribution in [0, 0.1) is 19.8 Å². The zero-order valence-corrected chi connectivity index (χ0v) is 19.9. The Bertz CT molecular complexity index is 895. The third kappa shape index (κ3) is 5.59. The van der Waals surface area contributed by atoms with Gasteiger partial charge in [-0.3, -0.25) is 14.4 Å². The second kappa shape index (κ2) is 10.6. The summed E-state index contributed by atoms with van der Waals surface area (Å²) in [5.74, 6) is 0.637. The Kier molecular flexibility index (Phi) is 7.63. The Balaban J connectivity index is 1.39. The van der Waals surface area contributed by atoms with Crippen LogP contribution in [0.25, 0.3) is 0 Å². The molecule has 1 aromatic heterocycles. The number of piperidine rings is 1. The van der Waals surface area contributed by atoms with Crippen molar-refractivity contribution < 1.29 is 9.53 Å². The van der Waals surface area contributed by atoms with Crippen molar-refractivity contribution in [3.8, 4) is 0 Å². The van der Waals surface area contributed by atoms with Gasteiger partial charge in [-0.1, -0.05) is 24.3 Å². The second-order valence-electron chi connectivity index (χ2n) is 9.48. The van der Waals surface area contributed by atoms with Gasteiger partial charge in [-0.25, -0.2) is 0 Å². The third-order valence-electron chi connectivity index (χ3n) is 7.00. The summed E-state index contributed by atoms with van der Waals surface area (Å²) in [7, 11) is 0. The lowest BCUT2D eigenvalue weighted by atomic mass is 9.95. The zero-order valence-electron chi connectivity index (χ0n) is 19.9. The van der Waals surface area contributed by atoms with Crippen LogP contribution < -0.4 is 0 Å². The summed E-state index contributed by atoms with van der Waals surface area (Å²) in [6, 6.07) is 10.6. The van der Waals surface area contributed by atoms with E-state index in [-0.39, 0.29) is 12.0 Å². The summed E-state index contributed by atoms with van der Waals surface area (Å²) in [6.07, 6.45) is 4.57. The highest BCUT2D eigenvalue weighted by atomic mass is 16.5. The van der Waals surface area contributed by atoms with Crippen molar-refractivity contribution in [3.05, 3.63) is 52.8 Å². The van der Waals surface area contributed by atoms with Gasteiger partial charge in [0.2, 0.25) is 0 Å². The number of hydrogen-bond donors (Lipinski definition) is 0. The monoisotopic (exact) mass is 438 g/mol. The van der Waals surface area contributed by atoms with Gasteiger partial charge >= 0.3 is 0 Å². The number of amides is 1. The first-order valence-corrected chi connectivity index (χ1v) is 12.3. The van der Waals surface area contributed by atoms with Crippen molar-refractivity contribution in [3.63, 3.8) is 0 Å². The van der Waals surface area contributed by atoms with Crippen LogP contribution in [0.15, 0.2) is 30.3 Å². The molecule has 1 atom stereocenters. The summed E-state index contributed by atoms with van der Waals surface area (Å²) in [4.78, 5) is 18.2. The fraction of sp³-hybridized carbons (Fsp3) is 0.615. The van der Waals surface area contributed by atoms with Crippen molar-refractivity contribution >= 4 is 5.91 Å². The SMILES string of the molecule is CCn1nc(C)cc1C(=O)N(CC1CCN(Cc2ccccc2C)CC1)C[C@@H]1CCCO1. The summed E-state index contributed by atoms with van der Waals surface area (Å²) in [5, 5.41) is 4.50. The minimum atomic E-state index is 0.102. The fourth-order valence-corrected chi connectivity index (χ4v) is 5.06. The predicted octanol–water partition coefficient (Wildman–Crippen LogP) is 4.05. The molecule has 0 spiro atoms. The van der Waals surface area contributed by atoms with E-state index in [1.54, 1.807) is 0 Å². The molecule has 0 saturated carbocycles. The first kappa shape index (κ1) is 23.0. The molecule has 0 aliphatic carbocycles. The molecule has 0 unspecified atom stereocenters. The number of hydrogen-bond acceptors (Lipinski definition) is 4. The first-order valence-electron chi connectivity index (χ1n) is 12.3. The van der Waals surface area contributed by atoms with Gasteiger partial charge in [0, 0.05) is 32.8 Å². The fourth-order valence-electron chi connectivity index (χ4n) is 5.06. The van der Waals surface area contributed by atoms with Gasteiger partial charge in [-0.15, -0.1) is 0 Å². The first-order chi connectivity index (χ1) is 15.5. The highest BCUT2D eigenvalue weighted by Crippen LogP contribution is 2.23. The number of nitrogens with zero attached hydrogens (tertiary/aromatic N) is 4. The Morgan fingerprint density at radius 3 is 2.62 bits per heavy atom. The molecule has 1 amide bonds. The topological polar surface area (TPSA) is 50.6 Å². The second-order valence-corrected chi connectivity index (χ2v) is 9.48. The molecule has 2 aliphatic rings. The van der Waals surface area contributed by atoms with Crippen molar-refractivity contribution in [1.82, 2.24) is 19.6 Å². The van der Waals surface area contributed by atoms with Crippen molar-refractivity contribution in [2.24, 2.45) is 5.92 Å². The number of carbonyl (C=O) groups excluding carboxylic acids is 1. The van der Waals surface area contributed by atoms with Crippen molar-refractivity contribution in [2.45, 2.75) is 65.6 Å². The highest BCUT2D eigenvalue weighted by Gasteiger charge is 2.29. The molecule has 2 aliphatic heterocycles. The molecule has 2 saturated heterocycles. The van der Waals surface area contributed by atoms with E-state index in [0.717, 1.165) is 64.2 Å². The molecular formula is C26H38N4O2. The molecule has 6 nitrogen and oxygen atoms in total. The van der Waals surface area contributed by atoms with Gasteiger partial charge < -0.3 is 9.64 Å². The molecule has 174 valence electrons. The largest absolute Gasteiger partial charge is 0.376 e. The quantitative estimate of drug-likeness (QED) is 0.624. The van der Waals surface area contributed by atoms with Crippen molar-refractivity contribution in [1.29, 1.82) is 0 Å². The van der Waals surface area contributed by atoms with E-state index < -0.39 is 0 Å². The molecular weight excluding hydrogens is 400 g/mol. The molecule has 1 aromatic carbocycles. The van der Waals surface area contributed by atoms with E-state index in [9.17, 15) is 4.79 Å². The normalized spacial score (nSPS) is 20.0. The minimum absolute atomic E-state index is 0.102. The smallest absolute Gasteiger partial charge is 0.272 e. The molecule has 0 N–H and O–H groups in total. The maximum atomic E-state index is 13.5. The number of likely N-dealkylation sites (tertiary alicyclic amines) is 1. The lowest BCUT2D eigenvalue weighted by Gasteiger charge is -2.35. The van der Waals surface area contributed by atoms with Crippen LogP contribution >= 0.6 is 0 Å². The van der Waals surface area contributed by atoms with Crippen LogP contribution in [0.2, 0.25) is 0 Å². The standard InChI is InChI=1S/C26H38N4O2/c1-4-30-25(16-21(3)27-30)26(31)29(19-24-10-7-15-32-24)17-22-11-13-28(14-12-22)18-23-9-6-5-8-20(23)2/h5-6,8-9,16,22,24H,4,7,10-15,17-19H2,1-3H3/t24-/m0/s1. The maximum Gasteiger partial charge on any atom is 0.272 e. The molecule has 0 radical (unpaired) electrons. The molecule has 6 heteroatoms. The van der Waals surface area contributed by atoms with Crippen LogP contribution in [-0.2, 0) is 17.8 Å². The number of ether oxygens (including phenoxy) is 1. The zero-order chi connectivity index (χ0) is 22.5. The Morgan fingerprint density at radius 1 is 1.16 bits per heavy atom. The predicted molar refractivity (Wildman–Crippen MR) is 127 cm³/mol. The van der Waals surface area contributed by atoms with E-state index in [2.05, 4.69) is 46.1 Å². The van der Waals surface area contributed by atoms with Gasteiger partial charge in [0.05, 0.1) is 11.8 Å². The van der Waals surface area contributed by atoms with Crippen LogP contribution in [-0.4, -0.2) is 64.4 Å². The number of aryl methyl sites for hydroxylation is 3. The van der Waals surface area contributed by atoms with Crippen LogP contribution in [0.3, 0.4) is 0 Å². The van der Waals surface area contributed by atoms with Crippen LogP contribution in [0.4, 0.5) is 0 Å². The molecule has 4 rings (SSSR count). The van der Waals surface area contributed by atoms with E-state index in [1.807, 2.05) is 24.6 Å².